The summed E-state index contributed by atoms with van der Waals surface area (Å²) in [5.74, 6) is -0.941. The molecule has 1 aromatic carbocycles. The van der Waals surface area contributed by atoms with Crippen molar-refractivity contribution in [3.8, 4) is 0 Å². The molecule has 1 atom stereocenters. The first-order valence-corrected chi connectivity index (χ1v) is 9.53. The molecule has 1 amide bonds. The first kappa shape index (κ1) is 18.7. The summed E-state index contributed by atoms with van der Waals surface area (Å²) in [6.45, 7) is 8.14. The molecule has 2 aliphatic heterocycles. The van der Waals surface area contributed by atoms with Crippen LogP contribution in [0, 0.1) is 13.8 Å². The number of carboxylic acids is 1. The van der Waals surface area contributed by atoms with Gasteiger partial charge in [0, 0.05) is 38.4 Å². The minimum atomic E-state index is -0.932. The van der Waals surface area contributed by atoms with Crippen LogP contribution in [0.4, 0.5) is 5.69 Å². The van der Waals surface area contributed by atoms with Crippen LogP contribution in [-0.4, -0.2) is 72.1 Å². The Bertz CT molecular complexity index is 668. The minimum Gasteiger partial charge on any atom is -0.480 e. The summed E-state index contributed by atoms with van der Waals surface area (Å²) >= 11 is 0. The number of piperazine rings is 1. The minimum absolute atomic E-state index is 0.00918. The molecule has 0 saturated carbocycles. The molecule has 26 heavy (non-hydrogen) atoms. The molecule has 0 spiro atoms. The maximum atomic E-state index is 12.8. The van der Waals surface area contributed by atoms with Gasteiger partial charge in [0.05, 0.1) is 6.04 Å². The number of benzene rings is 1. The molecule has 0 aromatic heterocycles. The number of amides is 1. The van der Waals surface area contributed by atoms with Crippen LogP contribution < -0.4 is 4.90 Å². The fourth-order valence-corrected chi connectivity index (χ4v) is 4.10. The molecular weight excluding hydrogens is 330 g/mol. The quantitative estimate of drug-likeness (QED) is 0.889. The summed E-state index contributed by atoms with van der Waals surface area (Å²) in [6, 6.07) is 6.24. The van der Waals surface area contributed by atoms with Crippen molar-refractivity contribution in [2.45, 2.75) is 39.2 Å². The number of hydrogen-bond donors (Lipinski definition) is 1. The highest BCUT2D eigenvalue weighted by Crippen LogP contribution is 2.25. The normalized spacial score (nSPS) is 22.4. The van der Waals surface area contributed by atoms with E-state index >= 15 is 0 Å². The molecule has 2 aliphatic rings. The topological polar surface area (TPSA) is 64.1 Å². The molecule has 2 heterocycles. The molecule has 6 heteroatoms. The number of carbonyl (C=O) groups is 2. The van der Waals surface area contributed by atoms with Gasteiger partial charge in [-0.15, -0.1) is 0 Å². The molecule has 2 saturated heterocycles. The highest BCUT2D eigenvalue weighted by molar-refractivity contribution is 5.85. The van der Waals surface area contributed by atoms with Gasteiger partial charge in [-0.1, -0.05) is 12.1 Å². The lowest BCUT2D eigenvalue weighted by Gasteiger charge is -2.40. The molecule has 0 aliphatic carbocycles. The number of nitrogens with zero attached hydrogens (tertiary/aromatic N) is 3. The van der Waals surface area contributed by atoms with E-state index in [0.29, 0.717) is 6.54 Å². The second-order valence-electron chi connectivity index (χ2n) is 7.41. The molecule has 6 nitrogen and oxygen atoms in total. The zero-order chi connectivity index (χ0) is 18.7. The molecule has 1 unspecified atom stereocenters. The SMILES string of the molecule is Cc1cccc(N2CCN(C3CCCCN(CC(=O)O)C3=O)CC2)c1C. The summed E-state index contributed by atoms with van der Waals surface area (Å²) in [5, 5.41) is 9.07. The molecule has 142 valence electrons. The fraction of sp³-hybridized carbons (Fsp3) is 0.600. The molecule has 2 fully saturated rings. The van der Waals surface area contributed by atoms with Crippen molar-refractivity contribution in [1.29, 1.82) is 0 Å². The summed E-state index contributed by atoms with van der Waals surface area (Å²) in [5.41, 5.74) is 3.90. The lowest BCUT2D eigenvalue weighted by atomic mass is 10.1. The van der Waals surface area contributed by atoms with Gasteiger partial charge in [0.25, 0.3) is 0 Å². The Balaban J connectivity index is 1.65. The van der Waals surface area contributed by atoms with Crippen molar-refractivity contribution < 1.29 is 14.7 Å². The number of aliphatic carboxylic acids is 1. The van der Waals surface area contributed by atoms with Gasteiger partial charge in [0.2, 0.25) is 5.91 Å². The third kappa shape index (κ3) is 4.01. The first-order chi connectivity index (χ1) is 12.5. The van der Waals surface area contributed by atoms with E-state index in [0.717, 1.165) is 45.4 Å². The van der Waals surface area contributed by atoms with Crippen LogP contribution in [0.2, 0.25) is 0 Å². The second-order valence-corrected chi connectivity index (χ2v) is 7.41. The lowest BCUT2D eigenvalue weighted by molar-refractivity contribution is -0.146. The Morgan fingerprint density at radius 2 is 1.85 bits per heavy atom. The molecule has 1 aromatic rings. The number of likely N-dealkylation sites (tertiary alicyclic amines) is 1. The van der Waals surface area contributed by atoms with Crippen LogP contribution in [0.25, 0.3) is 0 Å². The van der Waals surface area contributed by atoms with Gasteiger partial charge < -0.3 is 14.9 Å². The van der Waals surface area contributed by atoms with Crippen LogP contribution in [0.3, 0.4) is 0 Å². The predicted octanol–water partition coefficient (Wildman–Crippen LogP) is 1.89. The third-order valence-electron chi connectivity index (χ3n) is 5.75. The number of carbonyl (C=O) groups excluding carboxylic acids is 1. The highest BCUT2D eigenvalue weighted by atomic mass is 16.4. The van der Waals surface area contributed by atoms with Gasteiger partial charge in [-0.3, -0.25) is 14.5 Å². The van der Waals surface area contributed by atoms with Gasteiger partial charge in [0.1, 0.15) is 6.54 Å². The molecule has 3 rings (SSSR count). The largest absolute Gasteiger partial charge is 0.480 e. The number of carboxylic acid groups (broad SMARTS) is 1. The van der Waals surface area contributed by atoms with E-state index in [9.17, 15) is 9.59 Å². The van der Waals surface area contributed by atoms with Crippen LogP contribution in [0.15, 0.2) is 18.2 Å². The predicted molar refractivity (Wildman–Crippen MR) is 102 cm³/mol. The van der Waals surface area contributed by atoms with Gasteiger partial charge in [0.15, 0.2) is 0 Å². The van der Waals surface area contributed by atoms with Crippen LogP contribution in [0.1, 0.15) is 30.4 Å². The Hall–Kier alpha value is -2.08. The van der Waals surface area contributed by atoms with Gasteiger partial charge in [-0.2, -0.15) is 0 Å². The lowest BCUT2D eigenvalue weighted by Crippen LogP contribution is -2.55. The summed E-state index contributed by atoms with van der Waals surface area (Å²) in [6.07, 6.45) is 2.69. The average molecular weight is 359 g/mol. The molecular formula is C20H29N3O3. The van der Waals surface area contributed by atoms with Crippen LogP contribution in [0.5, 0.6) is 0 Å². The number of aryl methyl sites for hydroxylation is 1. The third-order valence-corrected chi connectivity index (χ3v) is 5.75. The Morgan fingerprint density at radius 1 is 1.12 bits per heavy atom. The van der Waals surface area contributed by atoms with Crippen LogP contribution in [-0.2, 0) is 9.59 Å². The van der Waals surface area contributed by atoms with E-state index in [-0.39, 0.29) is 18.5 Å². The standard InChI is InChI=1S/C20H29N3O3/c1-15-6-5-8-17(16(15)2)21-10-12-22(13-11-21)18-7-3-4-9-23(20(18)26)14-19(24)25/h5-6,8,18H,3-4,7,9-14H2,1-2H3,(H,24,25). The maximum absolute atomic E-state index is 12.8. The van der Waals surface area contributed by atoms with E-state index in [4.69, 9.17) is 5.11 Å². The Kier molecular flexibility index (Phi) is 5.81. The maximum Gasteiger partial charge on any atom is 0.323 e. The summed E-state index contributed by atoms with van der Waals surface area (Å²) < 4.78 is 0. The summed E-state index contributed by atoms with van der Waals surface area (Å²) in [7, 11) is 0. The zero-order valence-electron chi connectivity index (χ0n) is 15.8. The first-order valence-electron chi connectivity index (χ1n) is 9.53. The Morgan fingerprint density at radius 3 is 2.54 bits per heavy atom. The van der Waals surface area contributed by atoms with Gasteiger partial charge in [-0.25, -0.2) is 0 Å². The number of anilines is 1. The number of rotatable bonds is 4. The monoisotopic (exact) mass is 359 g/mol. The van der Waals surface area contributed by atoms with Crippen molar-refractivity contribution in [2.75, 3.05) is 44.2 Å². The van der Waals surface area contributed by atoms with E-state index < -0.39 is 5.97 Å². The van der Waals surface area contributed by atoms with E-state index in [1.807, 2.05) is 0 Å². The van der Waals surface area contributed by atoms with Crippen molar-refractivity contribution in [3.63, 3.8) is 0 Å². The fourth-order valence-electron chi connectivity index (χ4n) is 4.10. The average Bonchev–Trinajstić information content (AvgIpc) is 2.79. The van der Waals surface area contributed by atoms with Crippen molar-refractivity contribution in [1.82, 2.24) is 9.80 Å². The van der Waals surface area contributed by atoms with E-state index in [1.54, 1.807) is 0 Å². The smallest absolute Gasteiger partial charge is 0.323 e. The molecule has 1 N–H and O–H groups in total. The Labute approximate surface area is 155 Å². The van der Waals surface area contributed by atoms with Crippen LogP contribution >= 0.6 is 0 Å². The van der Waals surface area contributed by atoms with E-state index in [1.165, 1.54) is 21.7 Å². The molecule has 0 bridgehead atoms. The van der Waals surface area contributed by atoms with Gasteiger partial charge in [-0.05, 0) is 50.3 Å². The highest BCUT2D eigenvalue weighted by Gasteiger charge is 2.34. The van der Waals surface area contributed by atoms with E-state index in [2.05, 4.69) is 41.8 Å². The van der Waals surface area contributed by atoms with Crippen molar-refractivity contribution in [3.05, 3.63) is 29.3 Å². The van der Waals surface area contributed by atoms with Gasteiger partial charge >= 0.3 is 5.97 Å². The number of hydrogen-bond acceptors (Lipinski definition) is 4. The molecule has 0 radical (unpaired) electrons. The van der Waals surface area contributed by atoms with Crippen molar-refractivity contribution >= 4 is 17.6 Å². The second kappa shape index (κ2) is 8.08. The zero-order valence-corrected chi connectivity index (χ0v) is 15.8. The van der Waals surface area contributed by atoms with Crippen molar-refractivity contribution in [2.24, 2.45) is 0 Å². The summed E-state index contributed by atoms with van der Waals surface area (Å²) in [4.78, 5) is 30.1.